The maximum Gasteiger partial charge on any atom is 0.323 e. The lowest BCUT2D eigenvalue weighted by molar-refractivity contribution is -0.184. The maximum atomic E-state index is 13.2. The number of hydrogen-bond acceptors (Lipinski definition) is 7. The average Bonchev–Trinajstić information content (AvgIpc) is 3.23. The minimum atomic E-state index is -1.53. The summed E-state index contributed by atoms with van der Waals surface area (Å²) in [5.74, 6) is -1.93. The van der Waals surface area contributed by atoms with Crippen LogP contribution in [0.15, 0.2) is 42.0 Å². The third-order valence-corrected chi connectivity index (χ3v) is 7.25. The molecule has 3 aliphatic rings. The molecule has 7 heteroatoms. The fourth-order valence-corrected chi connectivity index (χ4v) is 5.72. The zero-order valence-corrected chi connectivity index (χ0v) is 18.1. The lowest BCUT2D eigenvalue weighted by Gasteiger charge is -2.49. The van der Waals surface area contributed by atoms with Crippen molar-refractivity contribution in [2.45, 2.75) is 44.3 Å². The molecule has 31 heavy (non-hydrogen) atoms. The fourth-order valence-electron chi connectivity index (χ4n) is 5.72. The molecule has 1 saturated carbocycles. The van der Waals surface area contributed by atoms with Crippen molar-refractivity contribution >= 4 is 17.9 Å². The van der Waals surface area contributed by atoms with Crippen LogP contribution >= 0.6 is 0 Å². The number of carbonyl (C=O) groups is 3. The first-order chi connectivity index (χ1) is 14.9. The Morgan fingerprint density at radius 2 is 1.58 bits per heavy atom. The molecule has 7 nitrogen and oxygen atoms in total. The van der Waals surface area contributed by atoms with Gasteiger partial charge in [0.25, 0.3) is 0 Å². The van der Waals surface area contributed by atoms with Crippen LogP contribution in [0.2, 0.25) is 0 Å². The monoisotopic (exact) mass is 428 g/mol. The summed E-state index contributed by atoms with van der Waals surface area (Å²) < 4.78 is 21.5. The van der Waals surface area contributed by atoms with Gasteiger partial charge < -0.3 is 18.9 Å². The van der Waals surface area contributed by atoms with Crippen molar-refractivity contribution < 1.29 is 33.3 Å². The first-order valence-electron chi connectivity index (χ1n) is 10.6. The summed E-state index contributed by atoms with van der Waals surface area (Å²) in [6.45, 7) is 0. The summed E-state index contributed by atoms with van der Waals surface area (Å²) >= 11 is 0. The summed E-state index contributed by atoms with van der Waals surface area (Å²) in [6, 6.07) is 9.99. The van der Waals surface area contributed by atoms with Crippen LogP contribution in [-0.4, -0.2) is 45.3 Å². The second-order valence-electron chi connectivity index (χ2n) is 8.71. The van der Waals surface area contributed by atoms with Crippen molar-refractivity contribution in [3.05, 3.63) is 47.5 Å². The van der Waals surface area contributed by atoms with Gasteiger partial charge in [-0.25, -0.2) is 0 Å². The van der Waals surface area contributed by atoms with Crippen LogP contribution in [0.3, 0.4) is 0 Å². The van der Waals surface area contributed by atoms with Gasteiger partial charge in [0.15, 0.2) is 5.41 Å². The lowest BCUT2D eigenvalue weighted by Crippen LogP contribution is -2.56. The first kappa shape index (κ1) is 21.6. The highest BCUT2D eigenvalue weighted by Crippen LogP contribution is 2.59. The molecule has 1 aliphatic heterocycles. The topological polar surface area (TPSA) is 88.1 Å². The van der Waals surface area contributed by atoms with E-state index in [9.17, 15) is 14.4 Å². The molecule has 2 aliphatic carbocycles. The molecule has 4 rings (SSSR count). The zero-order chi connectivity index (χ0) is 22.2. The van der Waals surface area contributed by atoms with E-state index >= 15 is 0 Å². The average molecular weight is 428 g/mol. The predicted molar refractivity (Wildman–Crippen MR) is 110 cm³/mol. The highest BCUT2D eigenvalue weighted by molar-refractivity contribution is 6.01. The minimum absolute atomic E-state index is 0.0175. The van der Waals surface area contributed by atoms with Crippen molar-refractivity contribution in [3.8, 4) is 0 Å². The summed E-state index contributed by atoms with van der Waals surface area (Å²) in [7, 11) is 3.82. The van der Waals surface area contributed by atoms with E-state index in [1.54, 1.807) is 0 Å². The molecule has 0 bridgehead atoms. The smallest absolute Gasteiger partial charge is 0.323 e. The molecule has 0 amide bonds. The van der Waals surface area contributed by atoms with Gasteiger partial charge in [0, 0.05) is 6.42 Å². The third-order valence-electron chi connectivity index (χ3n) is 7.25. The third kappa shape index (κ3) is 3.35. The molecular formula is C24H28O7. The fraction of sp³-hybridized carbons (Fsp3) is 0.542. The number of rotatable bonds is 4. The highest BCUT2D eigenvalue weighted by atomic mass is 16.5. The largest absolute Gasteiger partial charge is 0.469 e. The Labute approximate surface area is 181 Å². The predicted octanol–water partition coefficient (Wildman–Crippen LogP) is 3.14. The summed E-state index contributed by atoms with van der Waals surface area (Å²) in [5, 5.41) is 0. The highest BCUT2D eigenvalue weighted by Gasteiger charge is 2.64. The number of carbonyl (C=O) groups excluding carboxylic acids is 3. The zero-order valence-electron chi connectivity index (χ0n) is 18.1. The van der Waals surface area contributed by atoms with E-state index in [-0.39, 0.29) is 31.0 Å². The molecule has 1 heterocycles. The molecular weight excluding hydrogens is 400 g/mol. The second-order valence-corrected chi connectivity index (χ2v) is 8.71. The molecule has 0 N–H and O–H groups in total. The SMILES string of the molecule is COC(=O)C1(C(=O)OC)CC[C@H]2C=C3C[C@H](c4ccccc4)O[C@H]3C[C@]2(C(=O)OC)C1. The Morgan fingerprint density at radius 1 is 0.935 bits per heavy atom. The molecule has 0 aromatic heterocycles. The number of allylic oxidation sites excluding steroid dienone is 1. The molecule has 4 atom stereocenters. The quantitative estimate of drug-likeness (QED) is 0.315. The number of methoxy groups -OCH3 is 3. The number of hydrogen-bond donors (Lipinski definition) is 0. The maximum absolute atomic E-state index is 13.2. The van der Waals surface area contributed by atoms with Crippen molar-refractivity contribution in [1.82, 2.24) is 0 Å². The molecule has 1 aromatic carbocycles. The van der Waals surface area contributed by atoms with Gasteiger partial charge in [-0.05, 0) is 42.7 Å². The van der Waals surface area contributed by atoms with E-state index in [1.807, 2.05) is 30.3 Å². The number of benzene rings is 1. The number of ether oxygens (including phenoxy) is 4. The van der Waals surface area contributed by atoms with Gasteiger partial charge in [0.1, 0.15) is 0 Å². The molecule has 0 spiro atoms. The molecule has 1 saturated heterocycles. The van der Waals surface area contributed by atoms with Crippen LogP contribution in [-0.2, 0) is 33.3 Å². The Hall–Kier alpha value is -2.67. The van der Waals surface area contributed by atoms with E-state index in [2.05, 4.69) is 6.08 Å². The van der Waals surface area contributed by atoms with Gasteiger partial charge >= 0.3 is 17.9 Å². The van der Waals surface area contributed by atoms with E-state index in [0.717, 1.165) is 12.0 Å². The standard InChI is InChI=1S/C24H28O7/c1-28-20(25)23(21(26)29-2)10-9-17-11-16-12-18(15-7-5-4-6-8-15)31-19(16)13-24(17,14-23)22(27)30-3/h4-8,11,17-19H,9-10,12-14H2,1-3H3/t17-,18+,19-,24-/m0/s1. The molecule has 2 fully saturated rings. The van der Waals surface area contributed by atoms with Crippen molar-refractivity contribution in [3.63, 3.8) is 0 Å². The molecule has 0 unspecified atom stereocenters. The van der Waals surface area contributed by atoms with Crippen molar-refractivity contribution in [1.29, 1.82) is 0 Å². The molecule has 1 aromatic rings. The minimum Gasteiger partial charge on any atom is -0.469 e. The Kier molecular flexibility index (Phi) is 5.64. The van der Waals surface area contributed by atoms with Crippen LogP contribution in [0.5, 0.6) is 0 Å². The van der Waals surface area contributed by atoms with E-state index in [1.165, 1.54) is 26.9 Å². The Balaban J connectivity index is 1.70. The van der Waals surface area contributed by atoms with Gasteiger partial charge in [-0.15, -0.1) is 0 Å². The van der Waals surface area contributed by atoms with Crippen LogP contribution in [0.1, 0.15) is 43.8 Å². The summed E-state index contributed by atoms with van der Waals surface area (Å²) in [5.41, 5.74) is -0.333. The number of esters is 3. The van der Waals surface area contributed by atoms with Crippen molar-refractivity contribution in [2.75, 3.05) is 21.3 Å². The summed E-state index contributed by atoms with van der Waals surface area (Å²) in [4.78, 5) is 38.7. The van der Waals surface area contributed by atoms with Crippen LogP contribution in [0.4, 0.5) is 0 Å². The van der Waals surface area contributed by atoms with Gasteiger partial charge in [-0.1, -0.05) is 36.4 Å². The Morgan fingerprint density at radius 3 is 2.19 bits per heavy atom. The van der Waals surface area contributed by atoms with E-state index in [0.29, 0.717) is 12.8 Å². The van der Waals surface area contributed by atoms with Gasteiger partial charge in [-0.3, -0.25) is 14.4 Å². The van der Waals surface area contributed by atoms with Crippen LogP contribution < -0.4 is 0 Å². The lowest BCUT2D eigenvalue weighted by atomic mass is 9.53. The molecule has 0 radical (unpaired) electrons. The second kappa shape index (κ2) is 8.11. The Bertz CT molecular complexity index is 890. The van der Waals surface area contributed by atoms with Gasteiger partial charge in [-0.2, -0.15) is 0 Å². The first-order valence-corrected chi connectivity index (χ1v) is 10.6. The van der Waals surface area contributed by atoms with Crippen molar-refractivity contribution in [2.24, 2.45) is 16.7 Å². The van der Waals surface area contributed by atoms with E-state index in [4.69, 9.17) is 18.9 Å². The van der Waals surface area contributed by atoms with Crippen LogP contribution in [0.25, 0.3) is 0 Å². The molecule has 166 valence electrons. The van der Waals surface area contributed by atoms with Crippen LogP contribution in [0, 0.1) is 16.7 Å². The number of fused-ring (bicyclic) bond motifs is 2. The summed E-state index contributed by atoms with van der Waals surface area (Å²) in [6.07, 6.45) is 3.60. The normalized spacial score (nSPS) is 30.9. The van der Waals surface area contributed by atoms with Gasteiger partial charge in [0.05, 0.1) is 39.0 Å². The van der Waals surface area contributed by atoms with E-state index < -0.39 is 28.7 Å². The van der Waals surface area contributed by atoms with Gasteiger partial charge in [0.2, 0.25) is 0 Å².